The summed E-state index contributed by atoms with van der Waals surface area (Å²) in [5.74, 6) is -1.73. The van der Waals surface area contributed by atoms with E-state index in [1.807, 2.05) is 0 Å². The van der Waals surface area contributed by atoms with E-state index < -0.39 is 23.5 Å². The first kappa shape index (κ1) is 22.8. The van der Waals surface area contributed by atoms with Gasteiger partial charge in [-0.15, -0.1) is 0 Å². The summed E-state index contributed by atoms with van der Waals surface area (Å²) in [6.07, 6.45) is -0.631. The van der Waals surface area contributed by atoms with E-state index in [4.69, 9.17) is 4.74 Å². The lowest BCUT2D eigenvalue weighted by molar-refractivity contribution is -0.126. The monoisotopic (exact) mass is 410 g/mol. The average molecular weight is 410 g/mol. The number of nitrogens with one attached hydrogen (secondary N) is 2. The lowest BCUT2D eigenvalue weighted by Gasteiger charge is -2.20. The Morgan fingerprint density at radius 2 is 1.30 bits per heavy atom. The molecule has 0 saturated carbocycles. The highest BCUT2D eigenvalue weighted by atomic mass is 16.6. The molecule has 0 atom stereocenters. The van der Waals surface area contributed by atoms with E-state index in [0.29, 0.717) is 22.5 Å². The van der Waals surface area contributed by atoms with Crippen molar-refractivity contribution in [1.29, 1.82) is 0 Å². The van der Waals surface area contributed by atoms with Gasteiger partial charge in [0.05, 0.1) is 11.4 Å². The van der Waals surface area contributed by atoms with Crippen LogP contribution in [-0.4, -0.2) is 29.2 Å². The lowest BCUT2D eigenvalue weighted by Crippen LogP contribution is -2.27. The zero-order valence-corrected chi connectivity index (χ0v) is 17.7. The molecule has 0 spiro atoms. The predicted octanol–water partition coefficient (Wildman–Crippen LogP) is 4.55. The maximum Gasteiger partial charge on any atom is 0.412 e. The first-order valence-corrected chi connectivity index (χ1v) is 9.49. The molecular weight excluding hydrogens is 384 g/mol. The van der Waals surface area contributed by atoms with Crippen molar-refractivity contribution < 1.29 is 23.9 Å². The molecule has 0 bridgehead atoms. The molecule has 0 radical (unpaired) electrons. The van der Waals surface area contributed by atoms with E-state index in [1.165, 1.54) is 13.8 Å². The molecule has 0 fully saturated rings. The molecule has 30 heavy (non-hydrogen) atoms. The molecule has 0 unspecified atom stereocenters. The predicted molar refractivity (Wildman–Crippen MR) is 115 cm³/mol. The summed E-state index contributed by atoms with van der Waals surface area (Å²) in [5.41, 5.74) is 1.03. The van der Waals surface area contributed by atoms with E-state index >= 15 is 0 Å². The van der Waals surface area contributed by atoms with Crippen LogP contribution < -0.4 is 10.6 Å². The molecule has 2 aromatic carbocycles. The number of carbonyl (C=O) groups is 4. The first-order valence-electron chi connectivity index (χ1n) is 9.49. The Morgan fingerprint density at radius 3 is 1.77 bits per heavy atom. The molecule has 0 aliphatic rings. The fourth-order valence-corrected chi connectivity index (χ4v) is 2.89. The third kappa shape index (κ3) is 6.27. The van der Waals surface area contributed by atoms with Gasteiger partial charge < -0.3 is 10.1 Å². The molecule has 2 rings (SSSR count). The number of Topliss-reactive ketones (excluding diaryl/α,β-unsaturated/α-hetero) is 2. The van der Waals surface area contributed by atoms with Crippen LogP contribution in [0.1, 0.15) is 56.5 Å². The second-order valence-electron chi connectivity index (χ2n) is 7.90. The van der Waals surface area contributed by atoms with Crippen LogP contribution in [0.15, 0.2) is 48.5 Å². The van der Waals surface area contributed by atoms with Gasteiger partial charge in [0, 0.05) is 5.56 Å². The van der Waals surface area contributed by atoms with Gasteiger partial charge in [0.25, 0.3) is 5.91 Å². The highest BCUT2D eigenvalue weighted by Crippen LogP contribution is 2.24. The number of amides is 2. The summed E-state index contributed by atoms with van der Waals surface area (Å²) in [6.45, 7) is 7.99. The topological polar surface area (TPSA) is 102 Å². The highest BCUT2D eigenvalue weighted by molar-refractivity contribution is 6.08. The Balaban J connectivity index is 2.16. The molecule has 0 heterocycles. The number of rotatable bonds is 6. The van der Waals surface area contributed by atoms with Crippen LogP contribution in [0.5, 0.6) is 0 Å². The Bertz CT molecular complexity index is 944. The van der Waals surface area contributed by atoms with Crippen molar-refractivity contribution in [1.82, 2.24) is 0 Å². The Hall–Kier alpha value is -3.48. The molecule has 0 aliphatic carbocycles. The normalized spacial score (nSPS) is 11.0. The second-order valence-corrected chi connectivity index (χ2v) is 7.90. The number of hydrogen-bond acceptors (Lipinski definition) is 5. The summed E-state index contributed by atoms with van der Waals surface area (Å²) in [4.78, 5) is 48.1. The van der Waals surface area contributed by atoms with E-state index in [9.17, 15) is 19.2 Å². The van der Waals surface area contributed by atoms with Crippen molar-refractivity contribution >= 4 is 34.9 Å². The maximum atomic E-state index is 12.6. The van der Waals surface area contributed by atoms with Crippen molar-refractivity contribution in [3.63, 3.8) is 0 Å². The Kier molecular flexibility index (Phi) is 7.10. The fraction of sp³-hybridized carbons (Fsp3) is 0.304. The van der Waals surface area contributed by atoms with E-state index in [-0.39, 0.29) is 11.6 Å². The maximum absolute atomic E-state index is 12.6. The van der Waals surface area contributed by atoms with Crippen molar-refractivity contribution in [3.8, 4) is 0 Å². The number of carbonyl (C=O) groups excluding carboxylic acids is 4. The first-order chi connectivity index (χ1) is 14.0. The molecule has 2 amide bonds. The van der Waals surface area contributed by atoms with Crippen LogP contribution in [0.4, 0.5) is 16.2 Å². The van der Waals surface area contributed by atoms with Gasteiger partial charge in [-0.1, -0.05) is 24.3 Å². The quantitative estimate of drug-likeness (QED) is 0.681. The largest absolute Gasteiger partial charge is 0.444 e. The SMILES string of the molecule is CC(=O)C(C(C)=O)c1ccc(C(=O)Nc2ccccc2NC(=O)OC(C)(C)C)cc1. The fourth-order valence-electron chi connectivity index (χ4n) is 2.89. The minimum atomic E-state index is -0.833. The minimum absolute atomic E-state index is 0.248. The van der Waals surface area contributed by atoms with Gasteiger partial charge in [0.1, 0.15) is 23.1 Å². The molecule has 2 N–H and O–H groups in total. The van der Waals surface area contributed by atoms with Crippen LogP contribution in [0, 0.1) is 0 Å². The van der Waals surface area contributed by atoms with E-state index in [2.05, 4.69) is 10.6 Å². The molecule has 158 valence electrons. The van der Waals surface area contributed by atoms with Crippen LogP contribution in [-0.2, 0) is 14.3 Å². The van der Waals surface area contributed by atoms with Gasteiger partial charge in [-0.2, -0.15) is 0 Å². The summed E-state index contributed by atoms with van der Waals surface area (Å²) in [7, 11) is 0. The summed E-state index contributed by atoms with van der Waals surface area (Å²) < 4.78 is 5.24. The number of ketones is 2. The number of para-hydroxylation sites is 2. The van der Waals surface area contributed by atoms with Gasteiger partial charge in [-0.3, -0.25) is 19.7 Å². The number of hydrogen-bond donors (Lipinski definition) is 2. The van der Waals surface area contributed by atoms with Crippen LogP contribution in [0.25, 0.3) is 0 Å². The minimum Gasteiger partial charge on any atom is -0.444 e. The second kappa shape index (κ2) is 9.35. The van der Waals surface area contributed by atoms with Crippen LogP contribution >= 0.6 is 0 Å². The van der Waals surface area contributed by atoms with Crippen LogP contribution in [0.2, 0.25) is 0 Å². The molecule has 0 saturated heterocycles. The molecule has 2 aromatic rings. The zero-order chi connectivity index (χ0) is 22.5. The number of ether oxygens (including phenoxy) is 1. The van der Waals surface area contributed by atoms with Crippen molar-refractivity contribution in [2.24, 2.45) is 0 Å². The van der Waals surface area contributed by atoms with Gasteiger partial charge in [0.15, 0.2) is 0 Å². The highest BCUT2D eigenvalue weighted by Gasteiger charge is 2.22. The van der Waals surface area contributed by atoms with Crippen molar-refractivity contribution in [2.45, 2.75) is 46.1 Å². The van der Waals surface area contributed by atoms with Crippen molar-refractivity contribution in [3.05, 3.63) is 59.7 Å². The lowest BCUT2D eigenvalue weighted by atomic mass is 9.91. The van der Waals surface area contributed by atoms with Crippen LogP contribution in [0.3, 0.4) is 0 Å². The van der Waals surface area contributed by atoms with Gasteiger partial charge in [-0.05, 0) is 64.4 Å². The molecule has 0 aliphatic heterocycles. The van der Waals surface area contributed by atoms with Gasteiger partial charge >= 0.3 is 6.09 Å². The molecule has 7 heteroatoms. The summed E-state index contributed by atoms with van der Waals surface area (Å²) >= 11 is 0. The Labute approximate surface area is 175 Å². The third-order valence-electron chi connectivity index (χ3n) is 4.13. The number of benzene rings is 2. The van der Waals surface area contributed by atoms with Gasteiger partial charge in [-0.25, -0.2) is 4.79 Å². The van der Waals surface area contributed by atoms with Gasteiger partial charge in [0.2, 0.25) is 0 Å². The average Bonchev–Trinajstić information content (AvgIpc) is 2.61. The zero-order valence-electron chi connectivity index (χ0n) is 17.7. The van der Waals surface area contributed by atoms with E-state index in [1.54, 1.807) is 69.3 Å². The molecule has 7 nitrogen and oxygen atoms in total. The Morgan fingerprint density at radius 1 is 0.800 bits per heavy atom. The molecule has 0 aromatic heterocycles. The third-order valence-corrected chi connectivity index (χ3v) is 4.13. The van der Waals surface area contributed by atoms with E-state index in [0.717, 1.165) is 0 Å². The standard InChI is InChI=1S/C23H26N2O5/c1-14(26)20(15(2)27)16-10-12-17(13-11-16)21(28)24-18-8-6-7-9-19(18)25-22(29)30-23(3,4)5/h6-13,20H,1-5H3,(H,24,28)(H,25,29). The number of anilines is 2. The van der Waals surface area contributed by atoms with Crippen molar-refractivity contribution in [2.75, 3.05) is 10.6 Å². The molecular formula is C23H26N2O5. The summed E-state index contributed by atoms with van der Waals surface area (Å²) in [5, 5.41) is 5.37. The summed E-state index contributed by atoms with van der Waals surface area (Å²) in [6, 6.07) is 13.0. The smallest absolute Gasteiger partial charge is 0.412 e.